The van der Waals surface area contributed by atoms with Gasteiger partial charge < -0.3 is 9.84 Å². The Bertz CT molecular complexity index is 121. The van der Waals surface area contributed by atoms with E-state index in [4.69, 9.17) is 9.84 Å². The van der Waals surface area contributed by atoms with E-state index in [-0.39, 0.29) is 0 Å². The fourth-order valence-electron chi connectivity index (χ4n) is 2.11. The minimum atomic E-state index is 0.332. The van der Waals surface area contributed by atoms with Gasteiger partial charge in [-0.05, 0) is 19.3 Å². The molecule has 0 saturated carbocycles. The van der Waals surface area contributed by atoms with Gasteiger partial charge in [0.05, 0.1) is 0 Å². The van der Waals surface area contributed by atoms with Gasteiger partial charge in [0.2, 0.25) is 0 Å². The van der Waals surface area contributed by atoms with Crippen LogP contribution in [0.5, 0.6) is 0 Å². The van der Waals surface area contributed by atoms with E-state index in [2.05, 4.69) is 6.92 Å². The molecular formula is C16H34O2. The van der Waals surface area contributed by atoms with Gasteiger partial charge in [0.25, 0.3) is 0 Å². The SMILES string of the molecule is CCCCCCCCCCOCCCCCCO. The second-order valence-electron chi connectivity index (χ2n) is 5.23. The van der Waals surface area contributed by atoms with E-state index in [9.17, 15) is 0 Å². The van der Waals surface area contributed by atoms with Crippen LogP contribution in [0, 0.1) is 0 Å². The first-order chi connectivity index (χ1) is 8.91. The molecule has 1 N–H and O–H groups in total. The molecule has 2 nitrogen and oxygen atoms in total. The number of unbranched alkanes of at least 4 members (excludes halogenated alkanes) is 10. The maximum Gasteiger partial charge on any atom is 0.0466 e. The van der Waals surface area contributed by atoms with Crippen LogP contribution in [0.4, 0.5) is 0 Å². The van der Waals surface area contributed by atoms with Crippen molar-refractivity contribution in [3.63, 3.8) is 0 Å². The zero-order chi connectivity index (χ0) is 13.3. The summed E-state index contributed by atoms with van der Waals surface area (Å²) in [4.78, 5) is 0. The minimum Gasteiger partial charge on any atom is -0.396 e. The molecule has 0 aliphatic heterocycles. The van der Waals surface area contributed by atoms with Crippen molar-refractivity contribution in [2.75, 3.05) is 19.8 Å². The Labute approximate surface area is 114 Å². The molecule has 0 fully saturated rings. The molecule has 0 aliphatic carbocycles. The molecule has 0 aliphatic rings. The average Bonchev–Trinajstić information content (AvgIpc) is 2.39. The molecule has 18 heavy (non-hydrogen) atoms. The summed E-state index contributed by atoms with van der Waals surface area (Å²) in [6.07, 6.45) is 15.3. The summed E-state index contributed by atoms with van der Waals surface area (Å²) in [5, 5.41) is 8.63. The highest BCUT2D eigenvalue weighted by molar-refractivity contribution is 4.46. The third-order valence-corrected chi connectivity index (χ3v) is 3.34. The average molecular weight is 258 g/mol. The Morgan fingerprint density at radius 2 is 1.06 bits per heavy atom. The third kappa shape index (κ3) is 15.9. The van der Waals surface area contributed by atoms with Gasteiger partial charge in [-0.15, -0.1) is 0 Å². The highest BCUT2D eigenvalue weighted by atomic mass is 16.5. The summed E-state index contributed by atoms with van der Waals surface area (Å²) in [5.41, 5.74) is 0. The van der Waals surface area contributed by atoms with E-state index in [0.717, 1.165) is 32.5 Å². The smallest absolute Gasteiger partial charge is 0.0466 e. The van der Waals surface area contributed by atoms with Crippen molar-refractivity contribution >= 4 is 0 Å². The minimum absolute atomic E-state index is 0.332. The molecule has 0 amide bonds. The summed E-state index contributed by atoms with van der Waals surface area (Å²) < 4.78 is 5.60. The third-order valence-electron chi connectivity index (χ3n) is 3.34. The maximum atomic E-state index is 8.63. The number of hydrogen-bond donors (Lipinski definition) is 1. The van der Waals surface area contributed by atoms with E-state index < -0.39 is 0 Å². The Balaban J connectivity index is 2.86. The van der Waals surface area contributed by atoms with Crippen LogP contribution in [0.25, 0.3) is 0 Å². The van der Waals surface area contributed by atoms with Crippen LogP contribution in [0.2, 0.25) is 0 Å². The highest BCUT2D eigenvalue weighted by Gasteiger charge is 1.93. The second-order valence-corrected chi connectivity index (χ2v) is 5.23. The van der Waals surface area contributed by atoms with Gasteiger partial charge in [-0.1, -0.05) is 64.7 Å². The van der Waals surface area contributed by atoms with Crippen molar-refractivity contribution < 1.29 is 9.84 Å². The van der Waals surface area contributed by atoms with Gasteiger partial charge >= 0.3 is 0 Å². The van der Waals surface area contributed by atoms with E-state index in [1.165, 1.54) is 57.8 Å². The van der Waals surface area contributed by atoms with Crippen LogP contribution in [0.15, 0.2) is 0 Å². The summed E-state index contributed by atoms with van der Waals surface area (Å²) >= 11 is 0. The standard InChI is InChI=1S/C16H34O2/c1-2-3-4-5-6-7-9-12-15-18-16-13-10-8-11-14-17/h17H,2-16H2,1H3. The van der Waals surface area contributed by atoms with Gasteiger partial charge in [-0.2, -0.15) is 0 Å². The topological polar surface area (TPSA) is 29.5 Å². The largest absolute Gasteiger partial charge is 0.396 e. The van der Waals surface area contributed by atoms with E-state index in [1.807, 2.05) is 0 Å². The maximum absolute atomic E-state index is 8.63. The van der Waals surface area contributed by atoms with Crippen molar-refractivity contribution in [1.82, 2.24) is 0 Å². The number of rotatable bonds is 15. The van der Waals surface area contributed by atoms with Crippen molar-refractivity contribution in [2.45, 2.75) is 84.0 Å². The number of aliphatic hydroxyl groups is 1. The van der Waals surface area contributed by atoms with Crippen molar-refractivity contribution in [2.24, 2.45) is 0 Å². The number of aliphatic hydroxyl groups excluding tert-OH is 1. The monoisotopic (exact) mass is 258 g/mol. The lowest BCUT2D eigenvalue weighted by Crippen LogP contribution is -1.97. The zero-order valence-electron chi connectivity index (χ0n) is 12.5. The molecule has 0 aromatic rings. The van der Waals surface area contributed by atoms with Gasteiger partial charge in [-0.3, -0.25) is 0 Å². The van der Waals surface area contributed by atoms with E-state index in [0.29, 0.717) is 6.61 Å². The molecule has 0 aromatic heterocycles. The summed E-state index contributed by atoms with van der Waals surface area (Å²) in [5.74, 6) is 0. The van der Waals surface area contributed by atoms with Crippen LogP contribution < -0.4 is 0 Å². The number of hydrogen-bond acceptors (Lipinski definition) is 2. The van der Waals surface area contributed by atoms with Gasteiger partial charge in [0, 0.05) is 19.8 Å². The Kier molecular flexibility index (Phi) is 16.8. The molecule has 0 radical (unpaired) electrons. The number of ether oxygens (including phenoxy) is 1. The first-order valence-electron chi connectivity index (χ1n) is 8.10. The molecular weight excluding hydrogens is 224 g/mol. The van der Waals surface area contributed by atoms with Crippen LogP contribution in [-0.2, 0) is 4.74 Å². The first kappa shape index (κ1) is 17.9. The predicted octanol–water partition coefficient (Wildman–Crippen LogP) is 4.70. The molecule has 0 rings (SSSR count). The highest BCUT2D eigenvalue weighted by Crippen LogP contribution is 2.08. The normalized spacial score (nSPS) is 11.0. The fourth-order valence-corrected chi connectivity index (χ4v) is 2.11. The summed E-state index contributed by atoms with van der Waals surface area (Å²) in [6.45, 7) is 4.44. The molecule has 110 valence electrons. The van der Waals surface area contributed by atoms with Crippen LogP contribution in [-0.4, -0.2) is 24.9 Å². The lowest BCUT2D eigenvalue weighted by molar-refractivity contribution is 0.125. The summed E-state index contributed by atoms with van der Waals surface area (Å²) in [6, 6.07) is 0. The van der Waals surface area contributed by atoms with Crippen molar-refractivity contribution in [1.29, 1.82) is 0 Å². The molecule has 0 spiro atoms. The van der Waals surface area contributed by atoms with Crippen molar-refractivity contribution in [3.05, 3.63) is 0 Å². The second kappa shape index (κ2) is 16.9. The van der Waals surface area contributed by atoms with Crippen molar-refractivity contribution in [3.8, 4) is 0 Å². The molecule has 0 unspecified atom stereocenters. The Hall–Kier alpha value is -0.0800. The predicted molar refractivity (Wildman–Crippen MR) is 79.0 cm³/mol. The molecule has 0 aromatic carbocycles. The first-order valence-corrected chi connectivity index (χ1v) is 8.10. The van der Waals surface area contributed by atoms with Gasteiger partial charge in [-0.25, -0.2) is 0 Å². The van der Waals surface area contributed by atoms with Crippen LogP contribution in [0.1, 0.15) is 84.0 Å². The Morgan fingerprint density at radius 3 is 1.56 bits per heavy atom. The lowest BCUT2D eigenvalue weighted by atomic mass is 10.1. The zero-order valence-corrected chi connectivity index (χ0v) is 12.5. The molecule has 2 heteroatoms. The van der Waals surface area contributed by atoms with E-state index in [1.54, 1.807) is 0 Å². The van der Waals surface area contributed by atoms with E-state index >= 15 is 0 Å². The Morgan fingerprint density at radius 1 is 0.611 bits per heavy atom. The lowest BCUT2D eigenvalue weighted by Gasteiger charge is -2.04. The molecule has 0 atom stereocenters. The molecule has 0 saturated heterocycles. The molecule has 0 heterocycles. The van der Waals surface area contributed by atoms with Gasteiger partial charge in [0.15, 0.2) is 0 Å². The van der Waals surface area contributed by atoms with Crippen LogP contribution in [0.3, 0.4) is 0 Å². The summed E-state index contributed by atoms with van der Waals surface area (Å²) in [7, 11) is 0. The quantitative estimate of drug-likeness (QED) is 0.432. The van der Waals surface area contributed by atoms with Crippen LogP contribution >= 0.6 is 0 Å². The molecule has 0 bridgehead atoms. The van der Waals surface area contributed by atoms with Gasteiger partial charge in [0.1, 0.15) is 0 Å². The fraction of sp³-hybridized carbons (Fsp3) is 1.00.